The van der Waals surface area contributed by atoms with Crippen LogP contribution in [0.15, 0.2) is 12.1 Å². The van der Waals surface area contributed by atoms with Gasteiger partial charge in [0, 0.05) is 0 Å². The first-order valence-electron chi connectivity index (χ1n) is 4.10. The predicted molar refractivity (Wildman–Crippen MR) is 54.9 cm³/mol. The second-order valence-electron chi connectivity index (χ2n) is 2.84. The molecule has 5 heteroatoms. The highest BCUT2D eigenvalue weighted by Gasteiger charge is 2.18. The monoisotopic (exact) mass is 233 g/mol. The van der Waals surface area contributed by atoms with Crippen molar-refractivity contribution < 1.29 is 9.90 Å². The predicted octanol–water partition coefficient (Wildman–Crippen LogP) is 2.97. The van der Waals surface area contributed by atoms with Crippen LogP contribution in [0.2, 0.25) is 10.3 Å². The summed E-state index contributed by atoms with van der Waals surface area (Å²) in [5, 5.41) is 9.33. The van der Waals surface area contributed by atoms with Gasteiger partial charge in [0.2, 0.25) is 0 Å². The molecular formula is C9H9Cl2NO2. The van der Waals surface area contributed by atoms with Crippen molar-refractivity contribution in [2.24, 2.45) is 0 Å². The summed E-state index contributed by atoms with van der Waals surface area (Å²) >= 11 is 11.3. The van der Waals surface area contributed by atoms with Gasteiger partial charge in [-0.15, -0.1) is 0 Å². The van der Waals surface area contributed by atoms with E-state index in [1.54, 1.807) is 6.92 Å². The van der Waals surface area contributed by atoms with Gasteiger partial charge in [-0.25, -0.2) is 4.98 Å². The van der Waals surface area contributed by atoms with Gasteiger partial charge in [-0.3, -0.25) is 4.79 Å². The minimum Gasteiger partial charge on any atom is -0.481 e. The first-order valence-corrected chi connectivity index (χ1v) is 4.86. The lowest BCUT2D eigenvalue weighted by Gasteiger charge is -2.10. The number of carboxylic acid groups (broad SMARTS) is 1. The zero-order valence-electron chi connectivity index (χ0n) is 7.50. The fourth-order valence-electron chi connectivity index (χ4n) is 1.24. The van der Waals surface area contributed by atoms with Gasteiger partial charge in [0.15, 0.2) is 0 Å². The fourth-order valence-corrected chi connectivity index (χ4v) is 1.71. The van der Waals surface area contributed by atoms with E-state index < -0.39 is 11.9 Å². The number of pyridine rings is 1. The van der Waals surface area contributed by atoms with Crippen molar-refractivity contribution in [3.63, 3.8) is 0 Å². The Bertz CT molecular complexity index is 334. The molecule has 76 valence electrons. The van der Waals surface area contributed by atoms with Gasteiger partial charge in [0.1, 0.15) is 10.3 Å². The molecule has 0 fully saturated rings. The molecule has 1 unspecified atom stereocenters. The third-order valence-corrected chi connectivity index (χ3v) is 2.28. The fraction of sp³-hybridized carbons (Fsp3) is 0.333. The van der Waals surface area contributed by atoms with E-state index in [1.807, 2.05) is 0 Å². The van der Waals surface area contributed by atoms with E-state index in [0.29, 0.717) is 12.0 Å². The van der Waals surface area contributed by atoms with Gasteiger partial charge in [-0.1, -0.05) is 30.1 Å². The summed E-state index contributed by atoms with van der Waals surface area (Å²) in [6, 6.07) is 3.05. The van der Waals surface area contributed by atoms with Gasteiger partial charge < -0.3 is 5.11 Å². The maximum atomic E-state index is 10.8. The van der Waals surface area contributed by atoms with Gasteiger partial charge in [0.05, 0.1) is 5.92 Å². The van der Waals surface area contributed by atoms with E-state index in [2.05, 4.69) is 4.98 Å². The van der Waals surface area contributed by atoms with Crippen molar-refractivity contribution in [2.45, 2.75) is 19.3 Å². The van der Waals surface area contributed by atoms with Crippen molar-refractivity contribution in [3.8, 4) is 0 Å². The summed E-state index contributed by atoms with van der Waals surface area (Å²) in [7, 11) is 0. The lowest BCUT2D eigenvalue weighted by Crippen LogP contribution is -2.10. The van der Waals surface area contributed by atoms with Crippen LogP contribution in [0.4, 0.5) is 0 Å². The van der Waals surface area contributed by atoms with Crippen LogP contribution >= 0.6 is 23.2 Å². The normalized spacial score (nSPS) is 12.5. The molecule has 1 atom stereocenters. The highest BCUT2D eigenvalue weighted by atomic mass is 35.5. The minimum absolute atomic E-state index is 0.215. The molecule has 14 heavy (non-hydrogen) atoms. The SMILES string of the molecule is CCC(C(=O)O)c1cc(Cl)nc(Cl)c1. The lowest BCUT2D eigenvalue weighted by atomic mass is 9.98. The van der Waals surface area contributed by atoms with Gasteiger partial charge in [-0.2, -0.15) is 0 Å². The molecule has 0 saturated heterocycles. The van der Waals surface area contributed by atoms with Gasteiger partial charge in [-0.05, 0) is 24.1 Å². The van der Waals surface area contributed by atoms with E-state index in [-0.39, 0.29) is 10.3 Å². The van der Waals surface area contributed by atoms with Crippen LogP contribution in [-0.2, 0) is 4.79 Å². The smallest absolute Gasteiger partial charge is 0.310 e. The zero-order valence-corrected chi connectivity index (χ0v) is 9.01. The summed E-state index contributed by atoms with van der Waals surface area (Å²) < 4.78 is 0. The Morgan fingerprint density at radius 3 is 2.36 bits per heavy atom. The highest BCUT2D eigenvalue weighted by Crippen LogP contribution is 2.24. The van der Waals surface area contributed by atoms with Crippen LogP contribution in [0.5, 0.6) is 0 Å². The number of aromatic nitrogens is 1. The Balaban J connectivity index is 3.10. The zero-order chi connectivity index (χ0) is 10.7. The summed E-state index contributed by atoms with van der Waals surface area (Å²) in [6.45, 7) is 1.79. The van der Waals surface area contributed by atoms with E-state index in [0.717, 1.165) is 0 Å². The molecule has 0 radical (unpaired) electrons. The molecule has 1 aromatic heterocycles. The Hall–Kier alpha value is -0.800. The topological polar surface area (TPSA) is 50.2 Å². The Labute approximate surface area is 91.7 Å². The molecule has 1 heterocycles. The van der Waals surface area contributed by atoms with Crippen LogP contribution < -0.4 is 0 Å². The molecule has 0 spiro atoms. The molecular weight excluding hydrogens is 225 g/mol. The molecule has 1 N–H and O–H groups in total. The summed E-state index contributed by atoms with van der Waals surface area (Å²) in [5.74, 6) is -1.46. The Kier molecular flexibility index (Phi) is 3.72. The molecule has 0 saturated carbocycles. The van der Waals surface area contributed by atoms with Gasteiger partial charge in [0.25, 0.3) is 0 Å². The number of hydrogen-bond acceptors (Lipinski definition) is 2. The van der Waals surface area contributed by atoms with Crippen molar-refractivity contribution in [1.29, 1.82) is 0 Å². The van der Waals surface area contributed by atoms with E-state index in [4.69, 9.17) is 28.3 Å². The van der Waals surface area contributed by atoms with Crippen LogP contribution in [0, 0.1) is 0 Å². The molecule has 1 aromatic rings. The number of rotatable bonds is 3. The molecule has 0 bridgehead atoms. The van der Waals surface area contributed by atoms with Crippen molar-refractivity contribution in [3.05, 3.63) is 28.0 Å². The number of carboxylic acids is 1. The number of carbonyl (C=O) groups is 1. The maximum absolute atomic E-state index is 10.8. The highest BCUT2D eigenvalue weighted by molar-refractivity contribution is 6.32. The van der Waals surface area contributed by atoms with Crippen molar-refractivity contribution in [2.75, 3.05) is 0 Å². The van der Waals surface area contributed by atoms with E-state index >= 15 is 0 Å². The number of halogens is 2. The second-order valence-corrected chi connectivity index (χ2v) is 3.62. The first kappa shape index (κ1) is 11.3. The first-order chi connectivity index (χ1) is 6.54. The molecule has 0 aliphatic rings. The summed E-state index contributed by atoms with van der Waals surface area (Å²) in [4.78, 5) is 14.6. The molecule has 0 amide bonds. The third-order valence-electron chi connectivity index (χ3n) is 1.89. The summed E-state index contributed by atoms with van der Waals surface area (Å²) in [6.07, 6.45) is 0.492. The van der Waals surface area contributed by atoms with Crippen LogP contribution in [0.25, 0.3) is 0 Å². The molecule has 1 rings (SSSR count). The summed E-state index contributed by atoms with van der Waals surface area (Å²) in [5.41, 5.74) is 0.588. The van der Waals surface area contributed by atoms with Crippen LogP contribution in [0.3, 0.4) is 0 Å². The van der Waals surface area contributed by atoms with E-state index in [9.17, 15) is 4.79 Å². The minimum atomic E-state index is -0.883. The van der Waals surface area contributed by atoms with Crippen molar-refractivity contribution in [1.82, 2.24) is 4.98 Å². The number of nitrogens with zero attached hydrogens (tertiary/aromatic N) is 1. The maximum Gasteiger partial charge on any atom is 0.310 e. The van der Waals surface area contributed by atoms with Crippen molar-refractivity contribution >= 4 is 29.2 Å². The second kappa shape index (κ2) is 4.62. The van der Waals surface area contributed by atoms with Gasteiger partial charge >= 0.3 is 5.97 Å². The number of aliphatic carboxylic acids is 1. The average Bonchev–Trinajstić information content (AvgIpc) is 2.02. The number of hydrogen-bond donors (Lipinski definition) is 1. The molecule has 0 aliphatic heterocycles. The Morgan fingerprint density at radius 2 is 2.00 bits per heavy atom. The molecule has 0 aromatic carbocycles. The standard InChI is InChI=1S/C9H9Cl2NO2/c1-2-6(9(13)14)5-3-7(10)12-8(11)4-5/h3-4,6H,2H2,1H3,(H,13,14). The lowest BCUT2D eigenvalue weighted by molar-refractivity contribution is -0.138. The van der Waals surface area contributed by atoms with Crippen LogP contribution in [0.1, 0.15) is 24.8 Å². The Morgan fingerprint density at radius 1 is 1.50 bits per heavy atom. The average molecular weight is 234 g/mol. The van der Waals surface area contributed by atoms with Crippen LogP contribution in [-0.4, -0.2) is 16.1 Å². The van der Waals surface area contributed by atoms with E-state index in [1.165, 1.54) is 12.1 Å². The quantitative estimate of drug-likeness (QED) is 0.818. The molecule has 0 aliphatic carbocycles. The molecule has 3 nitrogen and oxygen atoms in total. The third kappa shape index (κ3) is 2.59. The largest absolute Gasteiger partial charge is 0.481 e.